The first-order valence-electron chi connectivity index (χ1n) is 5.58. The lowest BCUT2D eigenvalue weighted by Gasteiger charge is -2.13. The van der Waals surface area contributed by atoms with Crippen LogP contribution in [0.4, 0.5) is 5.69 Å². The summed E-state index contributed by atoms with van der Waals surface area (Å²) in [7, 11) is 0. The summed E-state index contributed by atoms with van der Waals surface area (Å²) in [6.07, 6.45) is -0.554. The minimum absolute atomic E-state index is 0.441. The number of nitrogens with one attached hydrogen (secondary N) is 1. The first-order valence-corrected chi connectivity index (χ1v) is 6.75. The van der Waals surface area contributed by atoms with E-state index in [1.165, 1.54) is 0 Å². The highest BCUT2D eigenvalue weighted by Crippen LogP contribution is 2.20. The van der Waals surface area contributed by atoms with Crippen LogP contribution in [0.2, 0.25) is 5.02 Å². The minimum Gasteiger partial charge on any atom is -0.387 e. The summed E-state index contributed by atoms with van der Waals surface area (Å²) in [5.41, 5.74) is 1.77. The summed E-state index contributed by atoms with van der Waals surface area (Å²) in [4.78, 5) is 0. The maximum Gasteiger partial charge on any atom is 0.0962 e. The van der Waals surface area contributed by atoms with Crippen LogP contribution in [-0.4, -0.2) is 11.7 Å². The average Bonchev–Trinajstić information content (AvgIpc) is 2.36. The Morgan fingerprint density at radius 3 is 2.67 bits per heavy atom. The highest BCUT2D eigenvalue weighted by Gasteiger charge is 2.07. The Bertz CT molecular complexity index is 533. The van der Waals surface area contributed by atoms with Crippen LogP contribution in [0, 0.1) is 0 Å². The van der Waals surface area contributed by atoms with Gasteiger partial charge in [0, 0.05) is 21.7 Å². The normalized spacial score (nSPS) is 12.2. The lowest BCUT2D eigenvalue weighted by molar-refractivity contribution is 0.191. The number of aliphatic hydroxyl groups excluding tert-OH is 1. The topological polar surface area (TPSA) is 32.3 Å². The van der Waals surface area contributed by atoms with Gasteiger partial charge in [0.15, 0.2) is 0 Å². The van der Waals surface area contributed by atoms with Gasteiger partial charge in [-0.05, 0) is 35.9 Å². The van der Waals surface area contributed by atoms with Gasteiger partial charge in [0.1, 0.15) is 0 Å². The van der Waals surface area contributed by atoms with Crippen molar-refractivity contribution in [2.75, 3.05) is 11.9 Å². The van der Waals surface area contributed by atoms with E-state index in [-0.39, 0.29) is 0 Å². The summed E-state index contributed by atoms with van der Waals surface area (Å²) >= 11 is 9.28. The quantitative estimate of drug-likeness (QED) is 0.880. The van der Waals surface area contributed by atoms with Gasteiger partial charge in [-0.3, -0.25) is 0 Å². The van der Waals surface area contributed by atoms with E-state index in [1.807, 2.05) is 48.5 Å². The molecular weight excluding hydrogens is 314 g/mol. The molecule has 2 rings (SSSR count). The van der Waals surface area contributed by atoms with Crippen molar-refractivity contribution in [3.63, 3.8) is 0 Å². The zero-order valence-corrected chi connectivity index (χ0v) is 11.9. The Hall–Kier alpha value is -1.03. The molecule has 18 heavy (non-hydrogen) atoms. The molecule has 1 unspecified atom stereocenters. The second-order valence-corrected chi connectivity index (χ2v) is 5.31. The molecule has 0 heterocycles. The van der Waals surface area contributed by atoms with Crippen molar-refractivity contribution in [3.8, 4) is 0 Å². The van der Waals surface area contributed by atoms with Crippen molar-refractivity contribution in [3.05, 3.63) is 63.6 Å². The molecule has 2 N–H and O–H groups in total. The lowest BCUT2D eigenvalue weighted by Crippen LogP contribution is -2.12. The van der Waals surface area contributed by atoms with E-state index in [4.69, 9.17) is 11.6 Å². The highest BCUT2D eigenvalue weighted by atomic mass is 79.9. The number of aliphatic hydroxyl groups is 1. The molecule has 0 aromatic heterocycles. The van der Waals surface area contributed by atoms with Gasteiger partial charge in [-0.15, -0.1) is 0 Å². The fraction of sp³-hybridized carbons (Fsp3) is 0.143. The molecule has 2 nitrogen and oxygen atoms in total. The maximum atomic E-state index is 10.1. The molecule has 1 atom stereocenters. The van der Waals surface area contributed by atoms with Crippen molar-refractivity contribution < 1.29 is 5.11 Å². The Kier molecular flexibility index (Phi) is 4.64. The van der Waals surface area contributed by atoms with Gasteiger partial charge >= 0.3 is 0 Å². The predicted octanol–water partition coefficient (Wildman–Crippen LogP) is 4.25. The van der Waals surface area contributed by atoms with Crippen LogP contribution >= 0.6 is 27.5 Å². The van der Waals surface area contributed by atoms with Crippen LogP contribution in [0.5, 0.6) is 0 Å². The van der Waals surface area contributed by atoms with Crippen LogP contribution in [0.1, 0.15) is 11.7 Å². The standard InChI is InChI=1S/C14H13BrClNO/c15-11-4-1-3-10(7-11)14(18)9-17-13-6-2-5-12(16)8-13/h1-8,14,17-18H,9H2. The summed E-state index contributed by atoms with van der Waals surface area (Å²) in [5.74, 6) is 0. The van der Waals surface area contributed by atoms with E-state index in [0.29, 0.717) is 11.6 Å². The molecule has 0 spiro atoms. The van der Waals surface area contributed by atoms with E-state index in [0.717, 1.165) is 15.7 Å². The molecule has 0 aliphatic heterocycles. The third kappa shape index (κ3) is 3.73. The van der Waals surface area contributed by atoms with E-state index >= 15 is 0 Å². The second kappa shape index (κ2) is 6.23. The first-order chi connectivity index (χ1) is 8.65. The number of rotatable bonds is 4. The SMILES string of the molecule is OC(CNc1cccc(Cl)c1)c1cccc(Br)c1. The predicted molar refractivity (Wildman–Crippen MR) is 79.0 cm³/mol. The van der Waals surface area contributed by atoms with Crippen LogP contribution in [0.3, 0.4) is 0 Å². The Morgan fingerprint density at radius 1 is 1.17 bits per heavy atom. The summed E-state index contributed by atoms with van der Waals surface area (Å²) in [6, 6.07) is 15.1. The summed E-state index contributed by atoms with van der Waals surface area (Å²) < 4.78 is 0.960. The first kappa shape index (κ1) is 13.4. The van der Waals surface area contributed by atoms with Crippen molar-refractivity contribution in [2.24, 2.45) is 0 Å². The van der Waals surface area contributed by atoms with E-state index < -0.39 is 6.10 Å². The van der Waals surface area contributed by atoms with Crippen molar-refractivity contribution in [1.29, 1.82) is 0 Å². The van der Waals surface area contributed by atoms with E-state index in [2.05, 4.69) is 21.2 Å². The number of anilines is 1. The number of halogens is 2. The smallest absolute Gasteiger partial charge is 0.0962 e. The fourth-order valence-electron chi connectivity index (χ4n) is 1.64. The average molecular weight is 327 g/mol. The molecule has 0 amide bonds. The van der Waals surface area contributed by atoms with Crippen molar-refractivity contribution in [1.82, 2.24) is 0 Å². The zero-order chi connectivity index (χ0) is 13.0. The number of hydrogen-bond donors (Lipinski definition) is 2. The van der Waals surface area contributed by atoms with Crippen molar-refractivity contribution >= 4 is 33.2 Å². The molecule has 94 valence electrons. The Labute approximate surface area is 120 Å². The van der Waals surface area contributed by atoms with Gasteiger partial charge in [-0.2, -0.15) is 0 Å². The molecular formula is C14H13BrClNO. The van der Waals surface area contributed by atoms with Crippen molar-refractivity contribution in [2.45, 2.75) is 6.10 Å². The number of hydrogen-bond acceptors (Lipinski definition) is 2. The van der Waals surface area contributed by atoms with Crippen LogP contribution in [0.15, 0.2) is 53.0 Å². The zero-order valence-electron chi connectivity index (χ0n) is 9.61. The highest BCUT2D eigenvalue weighted by molar-refractivity contribution is 9.10. The molecule has 0 saturated heterocycles. The monoisotopic (exact) mass is 325 g/mol. The van der Waals surface area contributed by atoms with Crippen LogP contribution in [-0.2, 0) is 0 Å². The van der Waals surface area contributed by atoms with Gasteiger partial charge in [0.25, 0.3) is 0 Å². The molecule has 0 saturated carbocycles. The lowest BCUT2D eigenvalue weighted by atomic mass is 10.1. The molecule has 0 fully saturated rings. The van der Waals surface area contributed by atoms with Crippen LogP contribution in [0.25, 0.3) is 0 Å². The summed E-state index contributed by atoms with van der Waals surface area (Å²) in [6.45, 7) is 0.441. The molecule has 0 radical (unpaired) electrons. The number of benzene rings is 2. The third-order valence-corrected chi connectivity index (χ3v) is 3.29. The maximum absolute atomic E-state index is 10.1. The molecule has 0 aliphatic carbocycles. The van der Waals surface area contributed by atoms with Gasteiger partial charge in [-0.1, -0.05) is 45.7 Å². The van der Waals surface area contributed by atoms with E-state index in [9.17, 15) is 5.11 Å². The van der Waals surface area contributed by atoms with Gasteiger partial charge in [0.05, 0.1) is 6.10 Å². The fourth-order valence-corrected chi connectivity index (χ4v) is 2.25. The molecule has 2 aromatic rings. The second-order valence-electron chi connectivity index (χ2n) is 3.96. The Balaban J connectivity index is 1.98. The molecule has 0 bridgehead atoms. The van der Waals surface area contributed by atoms with Gasteiger partial charge in [-0.25, -0.2) is 0 Å². The molecule has 2 aromatic carbocycles. The minimum atomic E-state index is -0.554. The van der Waals surface area contributed by atoms with Gasteiger partial charge in [0.2, 0.25) is 0 Å². The summed E-state index contributed by atoms with van der Waals surface area (Å²) in [5, 5.41) is 13.9. The van der Waals surface area contributed by atoms with Crippen LogP contribution < -0.4 is 5.32 Å². The van der Waals surface area contributed by atoms with Gasteiger partial charge < -0.3 is 10.4 Å². The molecule has 0 aliphatic rings. The molecule has 4 heteroatoms. The Morgan fingerprint density at radius 2 is 1.94 bits per heavy atom. The van der Waals surface area contributed by atoms with E-state index in [1.54, 1.807) is 0 Å². The third-order valence-electron chi connectivity index (χ3n) is 2.56. The largest absolute Gasteiger partial charge is 0.387 e.